The molecule has 0 aliphatic heterocycles. The van der Waals surface area contributed by atoms with E-state index in [9.17, 15) is 23.4 Å². The van der Waals surface area contributed by atoms with Gasteiger partial charge in [0.15, 0.2) is 0 Å². The number of anilines is 1. The van der Waals surface area contributed by atoms with Crippen molar-refractivity contribution in [2.45, 2.75) is 33.1 Å². The Morgan fingerprint density at radius 2 is 1.84 bits per heavy atom. The van der Waals surface area contributed by atoms with Crippen molar-refractivity contribution in [3.05, 3.63) is 35.4 Å². The molecule has 1 aromatic carbocycles. The molecule has 0 saturated carbocycles. The molecule has 25 heavy (non-hydrogen) atoms. The number of hydrogen-bond donors (Lipinski definition) is 3. The van der Waals surface area contributed by atoms with Crippen LogP contribution < -0.4 is 5.32 Å². The molecular weight excluding hydrogens is 335 g/mol. The summed E-state index contributed by atoms with van der Waals surface area (Å²) in [6, 6.07) is 4.77. The minimum atomic E-state index is -4.53. The maximum atomic E-state index is 12.8. The predicted octanol–water partition coefficient (Wildman–Crippen LogP) is 3.61. The Hall–Kier alpha value is -2.35. The number of alkyl halides is 3. The summed E-state index contributed by atoms with van der Waals surface area (Å²) < 4.78 is 38.3. The number of aliphatic hydroxyl groups excluding tert-OH is 1. The van der Waals surface area contributed by atoms with Crippen LogP contribution in [-0.4, -0.2) is 33.1 Å². The van der Waals surface area contributed by atoms with E-state index in [1.165, 1.54) is 6.92 Å². The van der Waals surface area contributed by atoms with E-state index in [2.05, 4.69) is 15.5 Å². The first-order chi connectivity index (χ1) is 11.6. The van der Waals surface area contributed by atoms with Crippen molar-refractivity contribution < 1.29 is 23.4 Å². The van der Waals surface area contributed by atoms with Crippen LogP contribution >= 0.6 is 0 Å². The number of phenols is 1. The number of benzene rings is 1. The molecule has 3 N–H and O–H groups in total. The fraction of sp³-hybridized carbons (Fsp3) is 0.412. The van der Waals surface area contributed by atoms with Gasteiger partial charge in [-0.05, 0) is 42.7 Å². The zero-order valence-corrected chi connectivity index (χ0v) is 14.1. The summed E-state index contributed by atoms with van der Waals surface area (Å²) in [6.07, 6.45) is -5.07. The van der Waals surface area contributed by atoms with E-state index in [4.69, 9.17) is 0 Å². The Balaban J connectivity index is 2.22. The number of hydrogen-bond acceptors (Lipinski definition) is 5. The van der Waals surface area contributed by atoms with Crippen LogP contribution in [0.15, 0.2) is 24.3 Å². The summed E-state index contributed by atoms with van der Waals surface area (Å²) in [6.45, 7) is 5.54. The molecule has 0 amide bonds. The van der Waals surface area contributed by atoms with Gasteiger partial charge in [-0.15, -0.1) is 10.2 Å². The van der Waals surface area contributed by atoms with Crippen LogP contribution in [0.1, 0.15) is 25.0 Å². The molecule has 2 aromatic rings. The molecule has 2 rings (SSSR count). The zero-order chi connectivity index (χ0) is 18.8. The van der Waals surface area contributed by atoms with Crippen molar-refractivity contribution in [3.8, 4) is 17.0 Å². The molecule has 0 spiro atoms. The average Bonchev–Trinajstić information content (AvgIpc) is 2.52. The zero-order valence-electron chi connectivity index (χ0n) is 14.1. The second-order valence-electron chi connectivity index (χ2n) is 6.18. The van der Waals surface area contributed by atoms with Crippen LogP contribution in [0.4, 0.5) is 19.0 Å². The van der Waals surface area contributed by atoms with E-state index < -0.39 is 23.6 Å². The highest BCUT2D eigenvalue weighted by Crippen LogP contribution is 2.38. The van der Waals surface area contributed by atoms with Crippen LogP contribution in [-0.2, 0) is 6.18 Å². The lowest BCUT2D eigenvalue weighted by molar-refractivity contribution is -0.137. The predicted molar refractivity (Wildman–Crippen MR) is 88.2 cm³/mol. The van der Waals surface area contributed by atoms with Crippen molar-refractivity contribution in [1.82, 2.24) is 10.2 Å². The summed E-state index contributed by atoms with van der Waals surface area (Å²) in [7, 11) is 0. The van der Waals surface area contributed by atoms with Crippen molar-refractivity contribution >= 4 is 5.82 Å². The molecule has 1 aromatic heterocycles. The van der Waals surface area contributed by atoms with Gasteiger partial charge in [-0.2, -0.15) is 13.2 Å². The molecular formula is C17H20F3N3O2. The molecule has 0 radical (unpaired) electrons. The standard InChI is InChI=1S/C17H20F3N3O2/c1-9(2)14(25)8-21-15-5-4-12(22-23-15)16-10(3)6-11(7-13(16)24)17(18,19)20/h4-7,9,14,24-25H,8H2,1-3H3,(H,21,23)/t14-/m1/s1. The Labute approximate surface area is 143 Å². The molecule has 0 aliphatic rings. The topological polar surface area (TPSA) is 78.3 Å². The van der Waals surface area contributed by atoms with E-state index in [0.717, 1.165) is 6.07 Å². The van der Waals surface area contributed by atoms with Crippen molar-refractivity contribution in [1.29, 1.82) is 0 Å². The first-order valence-corrected chi connectivity index (χ1v) is 7.76. The SMILES string of the molecule is Cc1cc(C(F)(F)F)cc(O)c1-c1ccc(NC[C@@H](O)C(C)C)nn1. The minimum absolute atomic E-state index is 0.0893. The third-order valence-corrected chi connectivity index (χ3v) is 3.82. The number of phenolic OH excluding ortho intramolecular Hbond substituents is 1. The first kappa shape index (κ1) is 19.0. The lowest BCUT2D eigenvalue weighted by atomic mass is 10.0. The molecule has 5 nitrogen and oxygen atoms in total. The molecule has 1 atom stereocenters. The number of halogens is 3. The molecule has 0 fully saturated rings. The van der Waals surface area contributed by atoms with Gasteiger partial charge < -0.3 is 15.5 Å². The van der Waals surface area contributed by atoms with Gasteiger partial charge in [0, 0.05) is 12.1 Å². The number of nitrogens with zero attached hydrogens (tertiary/aromatic N) is 2. The van der Waals surface area contributed by atoms with Crippen molar-refractivity contribution in [2.75, 3.05) is 11.9 Å². The van der Waals surface area contributed by atoms with E-state index in [0.29, 0.717) is 18.4 Å². The second-order valence-corrected chi connectivity index (χ2v) is 6.18. The molecule has 0 saturated heterocycles. The maximum absolute atomic E-state index is 12.8. The quantitative estimate of drug-likeness (QED) is 0.764. The summed E-state index contributed by atoms with van der Waals surface area (Å²) in [4.78, 5) is 0. The van der Waals surface area contributed by atoms with Gasteiger partial charge in [-0.25, -0.2) is 0 Å². The van der Waals surface area contributed by atoms with Crippen LogP contribution in [0, 0.1) is 12.8 Å². The smallest absolute Gasteiger partial charge is 0.416 e. The Morgan fingerprint density at radius 1 is 1.16 bits per heavy atom. The van der Waals surface area contributed by atoms with Crippen LogP contribution in [0.3, 0.4) is 0 Å². The Bertz CT molecular complexity index is 708. The number of aryl methyl sites for hydroxylation is 1. The maximum Gasteiger partial charge on any atom is 0.416 e. The van der Waals surface area contributed by atoms with E-state index >= 15 is 0 Å². The highest BCUT2D eigenvalue weighted by molar-refractivity contribution is 5.71. The molecule has 8 heteroatoms. The molecule has 0 aliphatic carbocycles. The van der Waals surface area contributed by atoms with E-state index in [-0.39, 0.29) is 22.7 Å². The van der Waals surface area contributed by atoms with E-state index in [1.54, 1.807) is 12.1 Å². The normalized spacial score (nSPS) is 13.1. The molecule has 1 heterocycles. The largest absolute Gasteiger partial charge is 0.507 e. The van der Waals surface area contributed by atoms with Gasteiger partial charge in [-0.3, -0.25) is 0 Å². The highest BCUT2D eigenvalue weighted by atomic mass is 19.4. The van der Waals surface area contributed by atoms with Crippen LogP contribution in [0.2, 0.25) is 0 Å². The number of aliphatic hydroxyl groups is 1. The number of nitrogens with one attached hydrogen (secondary N) is 1. The molecule has 0 bridgehead atoms. The third kappa shape index (κ3) is 4.60. The molecule has 0 unspecified atom stereocenters. The fourth-order valence-electron chi connectivity index (χ4n) is 2.27. The summed E-state index contributed by atoms with van der Waals surface area (Å²) >= 11 is 0. The number of rotatable bonds is 5. The van der Waals surface area contributed by atoms with Crippen molar-refractivity contribution in [2.24, 2.45) is 5.92 Å². The van der Waals surface area contributed by atoms with Crippen LogP contribution in [0.5, 0.6) is 5.75 Å². The fourth-order valence-corrected chi connectivity index (χ4v) is 2.27. The second kappa shape index (κ2) is 7.26. The van der Waals surface area contributed by atoms with Crippen LogP contribution in [0.25, 0.3) is 11.3 Å². The lowest BCUT2D eigenvalue weighted by Crippen LogP contribution is -2.25. The van der Waals surface area contributed by atoms with E-state index in [1.807, 2.05) is 13.8 Å². The van der Waals surface area contributed by atoms with Crippen molar-refractivity contribution in [3.63, 3.8) is 0 Å². The van der Waals surface area contributed by atoms with Gasteiger partial charge >= 0.3 is 6.18 Å². The van der Waals surface area contributed by atoms with Gasteiger partial charge in [-0.1, -0.05) is 13.8 Å². The lowest BCUT2D eigenvalue weighted by Gasteiger charge is -2.15. The third-order valence-electron chi connectivity index (χ3n) is 3.82. The summed E-state index contributed by atoms with van der Waals surface area (Å²) in [5.41, 5.74) is -0.203. The Morgan fingerprint density at radius 3 is 2.32 bits per heavy atom. The number of aromatic nitrogens is 2. The highest BCUT2D eigenvalue weighted by Gasteiger charge is 2.32. The Kier molecular flexibility index (Phi) is 5.52. The van der Waals surface area contributed by atoms with Gasteiger partial charge in [0.25, 0.3) is 0 Å². The first-order valence-electron chi connectivity index (χ1n) is 7.76. The van der Waals surface area contributed by atoms with Gasteiger partial charge in [0.05, 0.1) is 17.4 Å². The minimum Gasteiger partial charge on any atom is -0.507 e. The van der Waals surface area contributed by atoms with Gasteiger partial charge in [0.2, 0.25) is 0 Å². The summed E-state index contributed by atoms with van der Waals surface area (Å²) in [5.74, 6) is 0.0107. The van der Waals surface area contributed by atoms with Gasteiger partial charge in [0.1, 0.15) is 11.6 Å². The summed E-state index contributed by atoms with van der Waals surface area (Å²) in [5, 5.41) is 30.5. The average molecular weight is 355 g/mol. The molecule has 136 valence electrons. The number of aromatic hydroxyl groups is 1. The monoisotopic (exact) mass is 355 g/mol.